The highest BCUT2D eigenvalue weighted by Gasteiger charge is 2.19. The topological polar surface area (TPSA) is 62.4 Å². The third-order valence-corrected chi connectivity index (χ3v) is 2.79. The van der Waals surface area contributed by atoms with Crippen molar-refractivity contribution >= 4 is 11.6 Å². The fraction of sp³-hybridized carbons (Fsp3) is 0.462. The molecule has 98 valence electrons. The van der Waals surface area contributed by atoms with Gasteiger partial charge in [-0.25, -0.2) is 0 Å². The largest absolute Gasteiger partial charge is 0.494 e. The lowest BCUT2D eigenvalue weighted by Gasteiger charge is -2.23. The van der Waals surface area contributed by atoms with E-state index in [1.54, 1.807) is 0 Å². The van der Waals surface area contributed by atoms with E-state index >= 15 is 0 Å². The predicted molar refractivity (Wildman–Crippen MR) is 70.9 cm³/mol. The molecule has 0 aromatic heterocycles. The lowest BCUT2D eigenvalue weighted by Crippen LogP contribution is -2.54. The van der Waals surface area contributed by atoms with Gasteiger partial charge in [-0.2, -0.15) is 0 Å². The second-order valence-electron chi connectivity index (χ2n) is 4.16. The van der Waals surface area contributed by atoms with Gasteiger partial charge in [-0.3, -0.25) is 4.79 Å². The van der Waals surface area contributed by atoms with E-state index in [4.69, 9.17) is 4.74 Å². The first kappa shape index (κ1) is 12.9. The molecule has 1 saturated heterocycles. The molecule has 1 aliphatic rings. The lowest BCUT2D eigenvalue weighted by atomic mass is 10.2. The van der Waals surface area contributed by atoms with Crippen LogP contribution in [-0.4, -0.2) is 38.2 Å². The van der Waals surface area contributed by atoms with Crippen molar-refractivity contribution in [3.8, 4) is 5.75 Å². The van der Waals surface area contributed by atoms with Gasteiger partial charge in [-0.1, -0.05) is 0 Å². The first-order valence-corrected chi connectivity index (χ1v) is 6.27. The summed E-state index contributed by atoms with van der Waals surface area (Å²) in [6, 6.07) is 7.24. The Hall–Kier alpha value is -1.59. The van der Waals surface area contributed by atoms with Crippen LogP contribution in [-0.2, 0) is 4.79 Å². The molecule has 1 aliphatic heterocycles. The Morgan fingerprint density at radius 2 is 2.17 bits per heavy atom. The maximum Gasteiger partial charge on any atom is 0.242 e. The van der Waals surface area contributed by atoms with Crippen LogP contribution in [0.25, 0.3) is 0 Å². The molecule has 1 atom stereocenters. The Labute approximate surface area is 107 Å². The monoisotopic (exact) mass is 249 g/mol. The van der Waals surface area contributed by atoms with E-state index < -0.39 is 0 Å². The molecule has 1 fully saturated rings. The van der Waals surface area contributed by atoms with Crippen molar-refractivity contribution in [2.24, 2.45) is 0 Å². The molecule has 2 rings (SSSR count). The molecule has 1 amide bonds. The standard InChI is InChI=1S/C13H19N3O2/c1-2-18-11-5-3-10(4-6-11)16-13(17)12-9-14-7-8-15-12/h3-6,12,14-15H,2,7-9H2,1H3,(H,16,17). The molecule has 18 heavy (non-hydrogen) atoms. The highest BCUT2D eigenvalue weighted by Crippen LogP contribution is 2.15. The third-order valence-electron chi connectivity index (χ3n) is 2.79. The van der Waals surface area contributed by atoms with Gasteiger partial charge in [-0.15, -0.1) is 0 Å². The summed E-state index contributed by atoms with van der Waals surface area (Å²) in [4.78, 5) is 11.9. The number of ether oxygens (including phenoxy) is 1. The number of carbonyl (C=O) groups is 1. The van der Waals surface area contributed by atoms with Gasteiger partial charge in [-0.05, 0) is 31.2 Å². The smallest absolute Gasteiger partial charge is 0.242 e. The van der Waals surface area contributed by atoms with Crippen LogP contribution in [0.5, 0.6) is 5.75 Å². The van der Waals surface area contributed by atoms with Gasteiger partial charge in [0.25, 0.3) is 0 Å². The number of benzene rings is 1. The maximum atomic E-state index is 11.9. The van der Waals surface area contributed by atoms with E-state index in [9.17, 15) is 4.79 Å². The Balaban J connectivity index is 1.89. The zero-order valence-electron chi connectivity index (χ0n) is 10.5. The molecule has 1 aromatic rings. The normalized spacial score (nSPS) is 19.3. The summed E-state index contributed by atoms with van der Waals surface area (Å²) in [5, 5.41) is 9.24. The molecule has 5 heteroatoms. The van der Waals surface area contributed by atoms with Crippen molar-refractivity contribution in [2.75, 3.05) is 31.6 Å². The number of carbonyl (C=O) groups excluding carboxylic acids is 1. The van der Waals surface area contributed by atoms with Gasteiger partial charge in [0.2, 0.25) is 5.91 Å². The zero-order valence-corrected chi connectivity index (χ0v) is 10.5. The van der Waals surface area contributed by atoms with E-state index in [1.807, 2.05) is 31.2 Å². The van der Waals surface area contributed by atoms with Gasteiger partial charge in [0.1, 0.15) is 5.75 Å². The number of hydrogen-bond acceptors (Lipinski definition) is 4. The van der Waals surface area contributed by atoms with Crippen LogP contribution in [0.15, 0.2) is 24.3 Å². The zero-order chi connectivity index (χ0) is 12.8. The van der Waals surface area contributed by atoms with Crippen LogP contribution in [0.2, 0.25) is 0 Å². The molecule has 0 bridgehead atoms. The molecule has 5 nitrogen and oxygen atoms in total. The van der Waals surface area contributed by atoms with Crippen LogP contribution < -0.4 is 20.7 Å². The number of nitrogens with one attached hydrogen (secondary N) is 3. The Morgan fingerprint density at radius 1 is 1.39 bits per heavy atom. The fourth-order valence-electron chi connectivity index (χ4n) is 1.87. The molecule has 1 heterocycles. The minimum absolute atomic E-state index is 0.00800. The number of rotatable bonds is 4. The van der Waals surface area contributed by atoms with E-state index in [0.717, 1.165) is 24.5 Å². The fourth-order valence-corrected chi connectivity index (χ4v) is 1.87. The molecular weight excluding hydrogens is 230 g/mol. The Morgan fingerprint density at radius 3 is 2.78 bits per heavy atom. The van der Waals surface area contributed by atoms with E-state index in [1.165, 1.54) is 0 Å². The summed E-state index contributed by atoms with van der Waals surface area (Å²) in [6.07, 6.45) is 0. The van der Waals surface area contributed by atoms with Crippen molar-refractivity contribution in [1.29, 1.82) is 0 Å². The number of anilines is 1. The maximum absolute atomic E-state index is 11.9. The van der Waals surface area contributed by atoms with Gasteiger partial charge >= 0.3 is 0 Å². The summed E-state index contributed by atoms with van der Waals surface area (Å²) in [5.74, 6) is 0.805. The van der Waals surface area contributed by atoms with E-state index in [-0.39, 0.29) is 11.9 Å². The van der Waals surface area contributed by atoms with Gasteiger partial charge in [0.05, 0.1) is 12.6 Å². The van der Waals surface area contributed by atoms with Crippen LogP contribution >= 0.6 is 0 Å². The van der Waals surface area contributed by atoms with Crippen LogP contribution in [0.4, 0.5) is 5.69 Å². The van der Waals surface area contributed by atoms with Gasteiger partial charge in [0, 0.05) is 25.3 Å². The number of hydrogen-bond donors (Lipinski definition) is 3. The Kier molecular flexibility index (Phi) is 4.55. The highest BCUT2D eigenvalue weighted by molar-refractivity contribution is 5.95. The van der Waals surface area contributed by atoms with Gasteiger partial charge in [0.15, 0.2) is 0 Å². The first-order valence-electron chi connectivity index (χ1n) is 6.27. The minimum atomic E-state index is -0.162. The SMILES string of the molecule is CCOc1ccc(NC(=O)C2CNCCN2)cc1. The molecule has 1 unspecified atom stereocenters. The molecule has 0 spiro atoms. The van der Waals surface area contributed by atoms with Gasteiger partial charge < -0.3 is 20.7 Å². The van der Waals surface area contributed by atoms with Crippen LogP contribution in [0.3, 0.4) is 0 Å². The first-order chi connectivity index (χ1) is 8.79. The number of amides is 1. The summed E-state index contributed by atoms with van der Waals surface area (Å²) < 4.78 is 5.35. The van der Waals surface area contributed by atoms with Crippen LogP contribution in [0, 0.1) is 0 Å². The lowest BCUT2D eigenvalue weighted by molar-refractivity contribution is -0.118. The van der Waals surface area contributed by atoms with E-state index in [0.29, 0.717) is 13.2 Å². The summed E-state index contributed by atoms with van der Waals surface area (Å²) >= 11 is 0. The van der Waals surface area contributed by atoms with Crippen molar-refractivity contribution in [1.82, 2.24) is 10.6 Å². The summed E-state index contributed by atoms with van der Waals surface area (Å²) in [7, 11) is 0. The third kappa shape index (κ3) is 3.45. The molecular formula is C13H19N3O2. The minimum Gasteiger partial charge on any atom is -0.494 e. The number of piperazine rings is 1. The summed E-state index contributed by atoms with van der Waals surface area (Å²) in [6.45, 7) is 4.98. The average molecular weight is 249 g/mol. The van der Waals surface area contributed by atoms with Crippen molar-refractivity contribution in [3.05, 3.63) is 24.3 Å². The highest BCUT2D eigenvalue weighted by atomic mass is 16.5. The predicted octanol–water partition coefficient (Wildman–Crippen LogP) is 0.585. The second kappa shape index (κ2) is 6.37. The molecule has 0 aliphatic carbocycles. The van der Waals surface area contributed by atoms with Crippen molar-refractivity contribution in [3.63, 3.8) is 0 Å². The van der Waals surface area contributed by atoms with Crippen molar-refractivity contribution in [2.45, 2.75) is 13.0 Å². The molecule has 3 N–H and O–H groups in total. The van der Waals surface area contributed by atoms with Crippen LogP contribution in [0.1, 0.15) is 6.92 Å². The quantitative estimate of drug-likeness (QED) is 0.730. The van der Waals surface area contributed by atoms with Crippen molar-refractivity contribution < 1.29 is 9.53 Å². The Bertz CT molecular complexity index is 386. The second-order valence-corrected chi connectivity index (χ2v) is 4.16. The summed E-state index contributed by atoms with van der Waals surface area (Å²) in [5.41, 5.74) is 0.788. The van der Waals surface area contributed by atoms with E-state index in [2.05, 4.69) is 16.0 Å². The average Bonchev–Trinajstić information content (AvgIpc) is 2.42. The molecule has 0 saturated carbocycles. The molecule has 1 aromatic carbocycles. The molecule has 0 radical (unpaired) electrons.